The van der Waals surface area contributed by atoms with Crippen LogP contribution in [0.25, 0.3) is 23.1 Å². The number of likely N-dealkylation sites (N-methyl/N-ethyl adjacent to an activating group) is 1. The van der Waals surface area contributed by atoms with Crippen LogP contribution >= 0.6 is 11.3 Å². The highest BCUT2D eigenvalue weighted by Gasteiger charge is 2.25. The van der Waals surface area contributed by atoms with E-state index in [2.05, 4.69) is 61.0 Å². The molecule has 0 spiro atoms. The van der Waals surface area contributed by atoms with Gasteiger partial charge in [0.25, 0.3) is 0 Å². The van der Waals surface area contributed by atoms with Crippen molar-refractivity contribution in [2.75, 3.05) is 59.1 Å². The van der Waals surface area contributed by atoms with Gasteiger partial charge in [-0.2, -0.15) is 9.61 Å². The lowest BCUT2D eigenvalue weighted by Crippen LogP contribution is -2.26. The van der Waals surface area contributed by atoms with Gasteiger partial charge in [0.05, 0.1) is 50.3 Å². The number of aromatic nitrogens is 4. The number of rotatable bonds is 12. The third-order valence-corrected chi connectivity index (χ3v) is 7.32. The van der Waals surface area contributed by atoms with Gasteiger partial charge in [-0.25, -0.2) is 0 Å². The molecule has 3 heterocycles. The Balaban J connectivity index is 1.73. The number of hydrogen-bond acceptors (Lipinski definition) is 9. The van der Waals surface area contributed by atoms with Gasteiger partial charge >= 0.3 is 0 Å². The number of hydrogen-bond donors (Lipinski definition) is 0. The van der Waals surface area contributed by atoms with Crippen LogP contribution in [0.3, 0.4) is 0 Å². The van der Waals surface area contributed by atoms with Crippen LogP contribution in [0, 0.1) is 0 Å². The summed E-state index contributed by atoms with van der Waals surface area (Å²) in [6.45, 7) is 12.2. The molecule has 0 amide bonds. The topological polar surface area (TPSA) is 83.2 Å². The molecule has 0 aliphatic carbocycles. The Morgan fingerprint density at radius 3 is 2.50 bits per heavy atom. The van der Waals surface area contributed by atoms with E-state index in [1.165, 1.54) is 5.00 Å². The summed E-state index contributed by atoms with van der Waals surface area (Å²) in [5.74, 6) is 2.00. The van der Waals surface area contributed by atoms with Crippen molar-refractivity contribution in [2.45, 2.75) is 33.1 Å². The highest BCUT2D eigenvalue weighted by Crippen LogP contribution is 2.33. The number of ether oxygens (including phenoxy) is 4. The van der Waals surface area contributed by atoms with E-state index in [0.717, 1.165) is 34.4 Å². The van der Waals surface area contributed by atoms with Gasteiger partial charge in [0.1, 0.15) is 11.5 Å². The standard InChI is InChI=1S/C28H37N5O4S/c1-8-32(13-14-37-16-15-34-5)24-12-10-20(38-24)18-22-25(28(2,3)4)31-33-26(29-30-27(22)33)21-17-19(35-6)9-11-23(21)36-7/h9-12,17-18H,8,13-16H2,1-7H3. The zero-order valence-corrected chi connectivity index (χ0v) is 24.1. The van der Waals surface area contributed by atoms with E-state index in [9.17, 15) is 0 Å². The van der Waals surface area contributed by atoms with Crippen LogP contribution in [-0.4, -0.2) is 74.1 Å². The molecule has 3 aromatic heterocycles. The zero-order chi connectivity index (χ0) is 27.3. The molecule has 0 radical (unpaired) electrons. The highest BCUT2D eigenvalue weighted by molar-refractivity contribution is 7.16. The fourth-order valence-electron chi connectivity index (χ4n) is 4.22. The molecule has 0 fully saturated rings. The first-order chi connectivity index (χ1) is 18.3. The SMILES string of the molecule is CCN(CCOCCOC)c1ccc(C=c2c(C(C)(C)C)nn3c(-c4cc(OC)ccc4OC)nnc23)s1. The number of nitrogens with zero attached hydrogens (tertiary/aromatic N) is 5. The lowest BCUT2D eigenvalue weighted by Gasteiger charge is -2.20. The predicted molar refractivity (Wildman–Crippen MR) is 152 cm³/mol. The fourth-order valence-corrected chi connectivity index (χ4v) is 5.26. The van der Waals surface area contributed by atoms with E-state index < -0.39 is 0 Å². The molecule has 0 aliphatic rings. The first kappa shape index (κ1) is 27.8. The Labute approximate surface area is 228 Å². The van der Waals surface area contributed by atoms with E-state index in [-0.39, 0.29) is 5.41 Å². The van der Waals surface area contributed by atoms with E-state index in [0.29, 0.717) is 42.8 Å². The number of benzene rings is 1. The van der Waals surface area contributed by atoms with Gasteiger partial charge < -0.3 is 23.8 Å². The van der Waals surface area contributed by atoms with Gasteiger partial charge in [0, 0.05) is 35.7 Å². The molecule has 0 bridgehead atoms. The van der Waals surface area contributed by atoms with Crippen molar-refractivity contribution in [3.63, 3.8) is 0 Å². The number of anilines is 1. The first-order valence-electron chi connectivity index (χ1n) is 12.7. The summed E-state index contributed by atoms with van der Waals surface area (Å²) >= 11 is 1.74. The summed E-state index contributed by atoms with van der Waals surface area (Å²) in [5.41, 5.74) is 2.24. The molecule has 0 aliphatic heterocycles. The molecule has 1 aromatic carbocycles. The normalized spacial score (nSPS) is 12.4. The minimum Gasteiger partial charge on any atom is -0.497 e. The Morgan fingerprint density at radius 1 is 1.00 bits per heavy atom. The maximum absolute atomic E-state index is 5.68. The van der Waals surface area contributed by atoms with E-state index in [4.69, 9.17) is 24.0 Å². The first-order valence-corrected chi connectivity index (χ1v) is 13.5. The van der Waals surface area contributed by atoms with Gasteiger partial charge in [-0.15, -0.1) is 21.5 Å². The molecule has 0 atom stereocenters. The van der Waals surface area contributed by atoms with Gasteiger partial charge in [-0.3, -0.25) is 0 Å². The summed E-state index contributed by atoms with van der Waals surface area (Å²) in [7, 11) is 4.96. The van der Waals surface area contributed by atoms with E-state index in [1.54, 1.807) is 32.7 Å². The monoisotopic (exact) mass is 539 g/mol. The number of methoxy groups -OCH3 is 3. The van der Waals surface area contributed by atoms with Crippen LogP contribution in [0.5, 0.6) is 11.5 Å². The maximum Gasteiger partial charge on any atom is 0.189 e. The lowest BCUT2D eigenvalue weighted by molar-refractivity contribution is 0.0741. The smallest absolute Gasteiger partial charge is 0.189 e. The largest absolute Gasteiger partial charge is 0.497 e. The molecule has 0 N–H and O–H groups in total. The van der Waals surface area contributed by atoms with Crippen molar-refractivity contribution >= 4 is 28.1 Å². The minimum atomic E-state index is -0.197. The quantitative estimate of drug-likeness (QED) is 0.248. The second-order valence-electron chi connectivity index (χ2n) is 9.84. The highest BCUT2D eigenvalue weighted by atomic mass is 32.1. The molecule has 0 saturated heterocycles. The Bertz CT molecular complexity index is 1410. The van der Waals surface area contributed by atoms with Crippen LogP contribution in [0.1, 0.15) is 38.3 Å². The van der Waals surface area contributed by atoms with Crippen molar-refractivity contribution in [1.82, 2.24) is 19.8 Å². The summed E-state index contributed by atoms with van der Waals surface area (Å²) in [6.07, 6.45) is 2.17. The predicted octanol–water partition coefficient (Wildman–Crippen LogP) is 4.20. The van der Waals surface area contributed by atoms with Crippen LogP contribution in [-0.2, 0) is 14.9 Å². The van der Waals surface area contributed by atoms with Crippen molar-refractivity contribution in [1.29, 1.82) is 0 Å². The van der Waals surface area contributed by atoms with Gasteiger partial charge in [-0.05, 0) is 43.3 Å². The fraction of sp³-hybridized carbons (Fsp3) is 0.464. The average molecular weight is 540 g/mol. The van der Waals surface area contributed by atoms with Crippen molar-refractivity contribution < 1.29 is 18.9 Å². The lowest BCUT2D eigenvalue weighted by atomic mass is 9.91. The summed E-state index contributed by atoms with van der Waals surface area (Å²) in [6, 6.07) is 9.93. The third kappa shape index (κ3) is 5.92. The summed E-state index contributed by atoms with van der Waals surface area (Å²) in [5, 5.41) is 16.2. The Hall–Kier alpha value is -3.21. The molecule has 9 nitrogen and oxygen atoms in total. The molecule has 38 heavy (non-hydrogen) atoms. The van der Waals surface area contributed by atoms with Gasteiger partial charge in [0.15, 0.2) is 11.5 Å². The second kappa shape index (κ2) is 12.1. The molecule has 10 heteroatoms. The molecular formula is C28H37N5O4S. The average Bonchev–Trinajstić information content (AvgIpc) is 3.62. The van der Waals surface area contributed by atoms with Crippen LogP contribution in [0.4, 0.5) is 5.00 Å². The Morgan fingerprint density at radius 2 is 1.82 bits per heavy atom. The third-order valence-electron chi connectivity index (χ3n) is 6.22. The summed E-state index contributed by atoms with van der Waals surface area (Å²) in [4.78, 5) is 3.45. The molecule has 0 unspecified atom stereocenters. The van der Waals surface area contributed by atoms with Crippen molar-refractivity contribution in [3.8, 4) is 22.9 Å². The summed E-state index contributed by atoms with van der Waals surface area (Å²) < 4.78 is 23.6. The van der Waals surface area contributed by atoms with Crippen LogP contribution in [0.15, 0.2) is 30.3 Å². The second-order valence-corrected chi connectivity index (χ2v) is 10.9. The van der Waals surface area contributed by atoms with Gasteiger partial charge in [-0.1, -0.05) is 20.8 Å². The zero-order valence-electron chi connectivity index (χ0n) is 23.3. The van der Waals surface area contributed by atoms with Gasteiger partial charge in [0.2, 0.25) is 0 Å². The van der Waals surface area contributed by atoms with Crippen LogP contribution < -0.4 is 19.6 Å². The number of thiophene rings is 1. The van der Waals surface area contributed by atoms with Crippen molar-refractivity contribution in [2.24, 2.45) is 0 Å². The molecule has 204 valence electrons. The van der Waals surface area contributed by atoms with E-state index in [1.807, 2.05) is 22.7 Å². The van der Waals surface area contributed by atoms with Crippen LogP contribution in [0.2, 0.25) is 0 Å². The molecule has 4 aromatic rings. The maximum atomic E-state index is 5.68. The number of fused-ring (bicyclic) bond motifs is 1. The van der Waals surface area contributed by atoms with E-state index >= 15 is 0 Å². The molecule has 4 rings (SSSR count). The minimum absolute atomic E-state index is 0.197. The van der Waals surface area contributed by atoms with Crippen molar-refractivity contribution in [3.05, 3.63) is 46.1 Å². The molecular weight excluding hydrogens is 502 g/mol. The Kier molecular flexibility index (Phi) is 8.86. The molecule has 0 saturated carbocycles.